The normalized spacial score (nSPS) is 13.5. The van der Waals surface area contributed by atoms with Crippen molar-refractivity contribution in [3.63, 3.8) is 0 Å². The van der Waals surface area contributed by atoms with Crippen LogP contribution < -0.4 is 5.06 Å². The van der Waals surface area contributed by atoms with E-state index in [-0.39, 0.29) is 0 Å². The van der Waals surface area contributed by atoms with Crippen LogP contribution in [-0.4, -0.2) is 25.1 Å². The molecular formula is C23H22N2O4S. The van der Waals surface area contributed by atoms with E-state index in [9.17, 15) is 13.5 Å². The van der Waals surface area contributed by atoms with Crippen LogP contribution in [0.4, 0.5) is 5.69 Å². The molecule has 0 bridgehead atoms. The van der Waals surface area contributed by atoms with Crippen LogP contribution in [0.25, 0.3) is 16.6 Å². The Kier molecular flexibility index (Phi) is 5.34. The summed E-state index contributed by atoms with van der Waals surface area (Å²) in [6.07, 6.45) is 1.94. The van der Waals surface area contributed by atoms with Crippen LogP contribution in [0.5, 0.6) is 0 Å². The van der Waals surface area contributed by atoms with Crippen molar-refractivity contribution in [3.8, 4) is 5.69 Å². The lowest BCUT2D eigenvalue weighted by Gasteiger charge is -2.25. The number of hydrogen-bond acceptors (Lipinski definition) is 5. The highest BCUT2D eigenvalue weighted by molar-refractivity contribution is 7.67. The highest BCUT2D eigenvalue weighted by Crippen LogP contribution is 2.31. The van der Waals surface area contributed by atoms with Crippen LogP contribution in [0.3, 0.4) is 0 Å². The van der Waals surface area contributed by atoms with E-state index in [1.807, 2.05) is 83.6 Å². The first-order valence-corrected chi connectivity index (χ1v) is 10.5. The molecule has 6 nitrogen and oxygen atoms in total. The second-order valence-electron chi connectivity index (χ2n) is 7.22. The van der Waals surface area contributed by atoms with Gasteiger partial charge in [0.15, 0.2) is 0 Å². The van der Waals surface area contributed by atoms with E-state index in [0.29, 0.717) is 5.69 Å². The molecule has 0 spiro atoms. The van der Waals surface area contributed by atoms with Gasteiger partial charge in [0, 0.05) is 24.3 Å². The third-order valence-electron chi connectivity index (χ3n) is 5.25. The summed E-state index contributed by atoms with van der Waals surface area (Å²) in [6, 6.07) is 24.8. The molecule has 0 aliphatic rings. The minimum atomic E-state index is -3.00. The SMILES string of the molecule is CN(O[SH](=O)=O)c1ccc2ccn(-c3cccc(C(C)(O)c4ccccc4)c3)c2c1. The Morgan fingerprint density at radius 2 is 1.67 bits per heavy atom. The average Bonchev–Trinajstić information content (AvgIpc) is 3.17. The molecule has 0 radical (unpaired) electrons. The number of anilines is 1. The summed E-state index contributed by atoms with van der Waals surface area (Å²) in [5.74, 6) is 0. The fraction of sp³-hybridized carbons (Fsp3) is 0.130. The Balaban J connectivity index is 1.77. The molecule has 154 valence electrons. The maximum Gasteiger partial charge on any atom is 0.277 e. The van der Waals surface area contributed by atoms with Crippen LogP contribution in [0.1, 0.15) is 18.1 Å². The Hall–Kier alpha value is -3.13. The highest BCUT2D eigenvalue weighted by atomic mass is 32.2. The number of nitrogens with zero attached hydrogens (tertiary/aromatic N) is 2. The zero-order chi connectivity index (χ0) is 21.3. The van der Waals surface area contributed by atoms with Crippen molar-refractivity contribution < 1.29 is 17.8 Å². The Morgan fingerprint density at radius 1 is 0.933 bits per heavy atom. The summed E-state index contributed by atoms with van der Waals surface area (Å²) >= 11 is 0. The first-order chi connectivity index (χ1) is 14.4. The summed E-state index contributed by atoms with van der Waals surface area (Å²) in [6.45, 7) is 1.78. The second kappa shape index (κ2) is 7.95. The number of fused-ring (bicyclic) bond motifs is 1. The van der Waals surface area contributed by atoms with Crippen molar-refractivity contribution in [2.24, 2.45) is 0 Å². The van der Waals surface area contributed by atoms with Crippen LogP contribution in [0.15, 0.2) is 85.1 Å². The van der Waals surface area contributed by atoms with Crippen LogP contribution in [0.2, 0.25) is 0 Å². The van der Waals surface area contributed by atoms with Gasteiger partial charge in [-0.3, -0.25) is 0 Å². The topological polar surface area (TPSA) is 71.8 Å². The molecule has 0 aliphatic heterocycles. The van der Waals surface area contributed by atoms with E-state index in [2.05, 4.69) is 0 Å². The molecule has 1 atom stereocenters. The lowest BCUT2D eigenvalue weighted by atomic mass is 9.88. The molecule has 7 heteroatoms. The fourth-order valence-corrected chi connectivity index (χ4v) is 3.87. The molecule has 1 aromatic heterocycles. The van der Waals surface area contributed by atoms with Crippen molar-refractivity contribution in [1.29, 1.82) is 0 Å². The summed E-state index contributed by atoms with van der Waals surface area (Å²) in [5.41, 5.74) is 2.82. The second-order valence-corrected chi connectivity index (χ2v) is 7.83. The van der Waals surface area contributed by atoms with Crippen LogP contribution in [-0.2, 0) is 20.9 Å². The predicted molar refractivity (Wildman–Crippen MR) is 118 cm³/mol. The number of hydroxylamine groups is 1. The average molecular weight is 423 g/mol. The Labute approximate surface area is 176 Å². The van der Waals surface area contributed by atoms with E-state index < -0.39 is 16.6 Å². The number of aromatic nitrogens is 1. The Bertz CT molecular complexity index is 1250. The third-order valence-corrected chi connectivity index (χ3v) is 5.63. The zero-order valence-corrected chi connectivity index (χ0v) is 17.5. The van der Waals surface area contributed by atoms with Gasteiger partial charge in [0.1, 0.15) is 5.60 Å². The van der Waals surface area contributed by atoms with Crippen LogP contribution >= 0.6 is 0 Å². The van der Waals surface area contributed by atoms with E-state index in [1.54, 1.807) is 13.0 Å². The van der Waals surface area contributed by atoms with Gasteiger partial charge in [0.25, 0.3) is 11.0 Å². The maximum absolute atomic E-state index is 11.2. The zero-order valence-electron chi connectivity index (χ0n) is 16.6. The van der Waals surface area contributed by atoms with Crippen molar-refractivity contribution in [2.45, 2.75) is 12.5 Å². The van der Waals surface area contributed by atoms with Gasteiger partial charge in [0.2, 0.25) is 0 Å². The van der Waals surface area contributed by atoms with Gasteiger partial charge in [-0.15, -0.1) is 0 Å². The van der Waals surface area contributed by atoms with Gasteiger partial charge >= 0.3 is 0 Å². The first-order valence-electron chi connectivity index (χ1n) is 9.42. The number of hydrogen-bond donors (Lipinski definition) is 2. The molecule has 0 saturated heterocycles. The first kappa shape index (κ1) is 20.2. The monoisotopic (exact) mass is 422 g/mol. The Morgan fingerprint density at radius 3 is 2.40 bits per heavy atom. The van der Waals surface area contributed by atoms with Crippen molar-refractivity contribution in [1.82, 2.24) is 4.57 Å². The highest BCUT2D eigenvalue weighted by Gasteiger charge is 2.25. The predicted octanol–water partition coefficient (Wildman–Crippen LogP) is 3.78. The molecule has 0 saturated carbocycles. The van der Waals surface area contributed by atoms with Gasteiger partial charge in [-0.2, -0.15) is 4.28 Å². The molecule has 0 fully saturated rings. The van der Waals surface area contributed by atoms with Crippen molar-refractivity contribution in [3.05, 3.63) is 96.2 Å². The molecule has 3 aromatic carbocycles. The number of benzene rings is 3. The van der Waals surface area contributed by atoms with Gasteiger partial charge in [-0.1, -0.05) is 48.5 Å². The van der Waals surface area contributed by atoms with Crippen LogP contribution in [0, 0.1) is 0 Å². The quantitative estimate of drug-likeness (QED) is 0.366. The molecule has 1 N–H and O–H groups in total. The summed E-state index contributed by atoms with van der Waals surface area (Å²) in [4.78, 5) is 0. The van der Waals surface area contributed by atoms with Gasteiger partial charge in [-0.05, 0) is 48.4 Å². The summed E-state index contributed by atoms with van der Waals surface area (Å²) < 4.78 is 28.5. The molecule has 4 aromatic rings. The smallest absolute Gasteiger partial charge is 0.277 e. The largest absolute Gasteiger partial charge is 0.381 e. The van der Waals surface area contributed by atoms with E-state index >= 15 is 0 Å². The molecule has 4 rings (SSSR count). The van der Waals surface area contributed by atoms with Crippen molar-refractivity contribution >= 4 is 27.6 Å². The lowest BCUT2D eigenvalue weighted by Crippen LogP contribution is -2.22. The number of rotatable bonds is 6. The summed E-state index contributed by atoms with van der Waals surface area (Å²) in [7, 11) is -1.46. The number of thiol groups is 1. The fourth-order valence-electron chi connectivity index (χ4n) is 3.57. The lowest BCUT2D eigenvalue weighted by molar-refractivity contribution is 0.102. The van der Waals surface area contributed by atoms with E-state index in [1.165, 1.54) is 12.1 Å². The molecule has 0 amide bonds. The molecule has 0 aliphatic carbocycles. The maximum atomic E-state index is 11.2. The number of aliphatic hydroxyl groups is 1. The third kappa shape index (κ3) is 3.82. The molecular weight excluding hydrogens is 400 g/mol. The molecule has 1 unspecified atom stereocenters. The summed E-state index contributed by atoms with van der Waals surface area (Å²) in [5, 5.41) is 13.4. The molecule has 1 heterocycles. The van der Waals surface area contributed by atoms with E-state index in [4.69, 9.17) is 4.28 Å². The minimum Gasteiger partial charge on any atom is -0.381 e. The molecule has 30 heavy (non-hydrogen) atoms. The van der Waals surface area contributed by atoms with Gasteiger partial charge in [-0.25, -0.2) is 13.5 Å². The van der Waals surface area contributed by atoms with Gasteiger partial charge < -0.3 is 9.67 Å². The standard InChI is InChI=1S/C23H22N2O4S/c1-23(26,18-7-4-3-5-8-18)19-9-6-10-21(15-19)25-14-13-17-11-12-20(16-22(17)25)24(2)29-30(27)28/h3-16,26,30H,1-2H3. The minimum absolute atomic E-state index is 0.606. The van der Waals surface area contributed by atoms with Crippen molar-refractivity contribution in [2.75, 3.05) is 12.1 Å². The van der Waals surface area contributed by atoms with E-state index in [0.717, 1.165) is 27.7 Å². The van der Waals surface area contributed by atoms with Gasteiger partial charge in [0.05, 0.1) is 11.2 Å².